The Balaban J connectivity index is 1.88. The summed E-state index contributed by atoms with van der Waals surface area (Å²) in [6, 6.07) is 14.8. The van der Waals surface area contributed by atoms with Crippen molar-refractivity contribution in [3.8, 4) is 5.75 Å². The number of hydrogen-bond acceptors (Lipinski definition) is 4. The molecule has 2 aromatic rings. The molecule has 3 N–H and O–H groups in total. The Bertz CT molecular complexity index is 626. The van der Waals surface area contributed by atoms with Crippen LogP contribution in [0.2, 0.25) is 0 Å². The first kappa shape index (κ1) is 16.8. The van der Waals surface area contributed by atoms with Crippen molar-refractivity contribution < 1.29 is 14.3 Å². The maximum absolute atomic E-state index is 12.3. The molecule has 122 valence electrons. The van der Waals surface area contributed by atoms with Crippen LogP contribution >= 0.6 is 0 Å². The third-order valence-corrected chi connectivity index (χ3v) is 3.36. The number of para-hydroxylation sites is 1. The van der Waals surface area contributed by atoms with E-state index in [0.717, 1.165) is 17.7 Å². The summed E-state index contributed by atoms with van der Waals surface area (Å²) >= 11 is 0. The third-order valence-electron chi connectivity index (χ3n) is 3.36. The molecule has 0 bridgehead atoms. The lowest BCUT2D eigenvalue weighted by atomic mass is 10.1. The van der Waals surface area contributed by atoms with Gasteiger partial charge in [0, 0.05) is 19.3 Å². The summed E-state index contributed by atoms with van der Waals surface area (Å²) in [6.07, 6.45) is 0.749. The molecule has 0 aliphatic heterocycles. The maximum atomic E-state index is 12.3. The first-order chi connectivity index (χ1) is 11.2. The molecule has 0 saturated carbocycles. The van der Waals surface area contributed by atoms with E-state index in [0.29, 0.717) is 31.1 Å². The van der Waals surface area contributed by atoms with Gasteiger partial charge in [-0.05, 0) is 36.2 Å². The minimum atomic E-state index is -0.145. The standard InChI is InChI=1S/C18H22N2O3/c1-22-12-13-23-17-5-3-2-4-16(17)18(21)20-11-10-14-6-8-15(19)9-7-14/h2-9H,10-13,19H2,1H3,(H,20,21). The van der Waals surface area contributed by atoms with E-state index >= 15 is 0 Å². The number of anilines is 1. The van der Waals surface area contributed by atoms with Crippen molar-refractivity contribution in [1.82, 2.24) is 5.32 Å². The van der Waals surface area contributed by atoms with E-state index in [4.69, 9.17) is 15.2 Å². The van der Waals surface area contributed by atoms with Crippen LogP contribution < -0.4 is 15.8 Å². The second kappa shape index (κ2) is 8.80. The number of ether oxygens (including phenoxy) is 2. The molecule has 0 aromatic heterocycles. The van der Waals surface area contributed by atoms with Gasteiger partial charge in [-0.15, -0.1) is 0 Å². The van der Waals surface area contributed by atoms with E-state index in [1.54, 1.807) is 19.2 Å². The average Bonchev–Trinajstić information content (AvgIpc) is 2.57. The van der Waals surface area contributed by atoms with Crippen LogP contribution in [-0.4, -0.2) is 32.8 Å². The Kier molecular flexibility index (Phi) is 6.44. The summed E-state index contributed by atoms with van der Waals surface area (Å²) in [5.41, 5.74) is 8.05. The summed E-state index contributed by atoms with van der Waals surface area (Å²) in [5.74, 6) is 0.419. The van der Waals surface area contributed by atoms with Crippen LogP contribution in [0, 0.1) is 0 Å². The quantitative estimate of drug-likeness (QED) is 0.579. The van der Waals surface area contributed by atoms with Crippen LogP contribution in [0.3, 0.4) is 0 Å². The number of nitrogen functional groups attached to an aromatic ring is 1. The van der Waals surface area contributed by atoms with Gasteiger partial charge in [-0.1, -0.05) is 24.3 Å². The third kappa shape index (κ3) is 5.30. The molecule has 2 aromatic carbocycles. The number of benzene rings is 2. The van der Waals surface area contributed by atoms with E-state index in [-0.39, 0.29) is 5.91 Å². The molecule has 0 saturated heterocycles. The number of carbonyl (C=O) groups excluding carboxylic acids is 1. The van der Waals surface area contributed by atoms with Crippen molar-refractivity contribution in [1.29, 1.82) is 0 Å². The van der Waals surface area contributed by atoms with Crippen molar-refractivity contribution in [3.05, 3.63) is 59.7 Å². The maximum Gasteiger partial charge on any atom is 0.255 e. The molecule has 0 aliphatic rings. The Morgan fingerprint density at radius 3 is 2.57 bits per heavy atom. The molecule has 0 aliphatic carbocycles. The highest BCUT2D eigenvalue weighted by Gasteiger charge is 2.11. The van der Waals surface area contributed by atoms with Crippen molar-refractivity contribution in [3.63, 3.8) is 0 Å². The molecule has 1 amide bonds. The summed E-state index contributed by atoms with van der Waals surface area (Å²) in [6.45, 7) is 1.44. The molecular formula is C18H22N2O3. The van der Waals surface area contributed by atoms with Crippen LogP contribution in [0.5, 0.6) is 5.75 Å². The number of hydrogen-bond donors (Lipinski definition) is 2. The molecule has 0 atom stereocenters. The van der Waals surface area contributed by atoms with Gasteiger partial charge in [0.05, 0.1) is 12.2 Å². The van der Waals surface area contributed by atoms with E-state index in [9.17, 15) is 4.79 Å². The van der Waals surface area contributed by atoms with Gasteiger partial charge in [0.25, 0.3) is 5.91 Å². The molecule has 2 rings (SSSR count). The monoisotopic (exact) mass is 314 g/mol. The molecule has 0 heterocycles. The van der Waals surface area contributed by atoms with Crippen molar-refractivity contribution in [2.24, 2.45) is 0 Å². The lowest BCUT2D eigenvalue weighted by Crippen LogP contribution is -2.26. The fourth-order valence-corrected chi connectivity index (χ4v) is 2.11. The molecule has 0 unspecified atom stereocenters. The highest BCUT2D eigenvalue weighted by Crippen LogP contribution is 2.17. The Labute approximate surface area is 136 Å². The van der Waals surface area contributed by atoms with Gasteiger partial charge in [0.2, 0.25) is 0 Å². The van der Waals surface area contributed by atoms with E-state index in [1.165, 1.54) is 0 Å². The number of methoxy groups -OCH3 is 1. The predicted octanol–water partition coefficient (Wildman–Crippen LogP) is 2.27. The van der Waals surface area contributed by atoms with Gasteiger partial charge in [-0.3, -0.25) is 4.79 Å². The zero-order valence-electron chi connectivity index (χ0n) is 13.2. The fraction of sp³-hybridized carbons (Fsp3) is 0.278. The van der Waals surface area contributed by atoms with E-state index in [2.05, 4.69) is 5.32 Å². The molecule has 23 heavy (non-hydrogen) atoms. The Morgan fingerprint density at radius 1 is 1.09 bits per heavy atom. The molecule has 0 fully saturated rings. The Hall–Kier alpha value is -2.53. The van der Waals surface area contributed by atoms with Gasteiger partial charge >= 0.3 is 0 Å². The van der Waals surface area contributed by atoms with Crippen LogP contribution in [0.25, 0.3) is 0 Å². The number of nitrogens with two attached hydrogens (primary N) is 1. The van der Waals surface area contributed by atoms with Gasteiger partial charge in [0.1, 0.15) is 12.4 Å². The number of carbonyl (C=O) groups is 1. The van der Waals surface area contributed by atoms with Crippen molar-refractivity contribution in [2.75, 3.05) is 32.6 Å². The van der Waals surface area contributed by atoms with Crippen LogP contribution in [0.15, 0.2) is 48.5 Å². The topological polar surface area (TPSA) is 73.6 Å². The largest absolute Gasteiger partial charge is 0.490 e. The molecule has 5 nitrogen and oxygen atoms in total. The lowest BCUT2D eigenvalue weighted by Gasteiger charge is -2.11. The fourth-order valence-electron chi connectivity index (χ4n) is 2.11. The smallest absolute Gasteiger partial charge is 0.255 e. The minimum Gasteiger partial charge on any atom is -0.490 e. The molecular weight excluding hydrogens is 292 g/mol. The first-order valence-corrected chi connectivity index (χ1v) is 7.54. The van der Waals surface area contributed by atoms with Crippen molar-refractivity contribution >= 4 is 11.6 Å². The van der Waals surface area contributed by atoms with Crippen molar-refractivity contribution in [2.45, 2.75) is 6.42 Å². The Morgan fingerprint density at radius 2 is 1.83 bits per heavy atom. The van der Waals surface area contributed by atoms with Crippen LogP contribution in [0.1, 0.15) is 15.9 Å². The summed E-state index contributed by atoms with van der Waals surface area (Å²) in [4.78, 5) is 12.3. The number of amides is 1. The van der Waals surface area contributed by atoms with Gasteiger partial charge in [0.15, 0.2) is 0 Å². The second-order valence-corrected chi connectivity index (χ2v) is 5.08. The van der Waals surface area contributed by atoms with Gasteiger partial charge < -0.3 is 20.5 Å². The lowest BCUT2D eigenvalue weighted by molar-refractivity contribution is 0.0946. The van der Waals surface area contributed by atoms with E-state index < -0.39 is 0 Å². The number of rotatable bonds is 8. The molecule has 5 heteroatoms. The van der Waals surface area contributed by atoms with Gasteiger partial charge in [-0.2, -0.15) is 0 Å². The zero-order valence-corrected chi connectivity index (χ0v) is 13.2. The van der Waals surface area contributed by atoms with Gasteiger partial charge in [-0.25, -0.2) is 0 Å². The highest BCUT2D eigenvalue weighted by molar-refractivity contribution is 5.96. The normalized spacial score (nSPS) is 10.3. The highest BCUT2D eigenvalue weighted by atomic mass is 16.5. The summed E-state index contributed by atoms with van der Waals surface area (Å²) in [5, 5.41) is 2.91. The average molecular weight is 314 g/mol. The molecule has 0 spiro atoms. The first-order valence-electron chi connectivity index (χ1n) is 7.54. The minimum absolute atomic E-state index is 0.145. The summed E-state index contributed by atoms with van der Waals surface area (Å²) in [7, 11) is 1.61. The predicted molar refractivity (Wildman–Crippen MR) is 90.7 cm³/mol. The number of nitrogens with one attached hydrogen (secondary N) is 1. The van der Waals surface area contributed by atoms with Crippen LogP contribution in [0.4, 0.5) is 5.69 Å². The second-order valence-electron chi connectivity index (χ2n) is 5.08. The van der Waals surface area contributed by atoms with E-state index in [1.807, 2.05) is 36.4 Å². The summed E-state index contributed by atoms with van der Waals surface area (Å²) < 4.78 is 10.5. The SMILES string of the molecule is COCCOc1ccccc1C(=O)NCCc1ccc(N)cc1. The zero-order chi connectivity index (χ0) is 16.5. The molecule has 0 radical (unpaired) electrons. The van der Waals surface area contributed by atoms with Crippen LogP contribution in [-0.2, 0) is 11.2 Å².